The van der Waals surface area contributed by atoms with E-state index in [4.69, 9.17) is 0 Å². The second-order valence-electron chi connectivity index (χ2n) is 7.74. The first-order valence-electron chi connectivity index (χ1n) is 9.49. The van der Waals surface area contributed by atoms with Crippen LogP contribution >= 0.6 is 0 Å². The summed E-state index contributed by atoms with van der Waals surface area (Å²) in [6, 6.07) is 10.2. The predicted molar refractivity (Wildman–Crippen MR) is 99.8 cm³/mol. The van der Waals surface area contributed by atoms with Crippen LogP contribution in [0, 0.1) is 11.8 Å². The highest BCUT2D eigenvalue weighted by Crippen LogP contribution is 2.36. The number of carbonyl (C=O) groups excluding carboxylic acids is 1. The summed E-state index contributed by atoms with van der Waals surface area (Å²) in [6.07, 6.45) is -9.27. The van der Waals surface area contributed by atoms with Gasteiger partial charge in [0, 0.05) is 24.9 Å². The van der Waals surface area contributed by atoms with Gasteiger partial charge in [-0.25, -0.2) is 0 Å². The molecule has 2 atom stereocenters. The van der Waals surface area contributed by atoms with Gasteiger partial charge in [0.05, 0.1) is 11.1 Å². The molecule has 0 amide bonds. The van der Waals surface area contributed by atoms with Crippen LogP contribution in [0.2, 0.25) is 0 Å². The second kappa shape index (κ2) is 8.41. The summed E-state index contributed by atoms with van der Waals surface area (Å²) in [5, 5.41) is 0. The number of likely N-dealkylation sites (tertiary alicyclic amines) is 1. The number of rotatable bonds is 4. The molecule has 0 radical (unpaired) electrons. The molecule has 3 rings (SSSR count). The third-order valence-corrected chi connectivity index (χ3v) is 5.45. The first kappa shape index (κ1) is 22.3. The summed E-state index contributed by atoms with van der Waals surface area (Å²) >= 11 is 0. The molecule has 0 bridgehead atoms. The maximum Gasteiger partial charge on any atom is 0.416 e. The molecule has 2 nitrogen and oxygen atoms in total. The van der Waals surface area contributed by atoms with Gasteiger partial charge in [-0.3, -0.25) is 4.79 Å². The Kier molecular flexibility index (Phi) is 6.26. The first-order chi connectivity index (χ1) is 14.0. The Morgan fingerprint density at radius 3 is 1.50 bits per heavy atom. The van der Waals surface area contributed by atoms with Gasteiger partial charge < -0.3 is 4.90 Å². The lowest BCUT2D eigenvalue weighted by Gasteiger charge is -2.35. The van der Waals surface area contributed by atoms with Gasteiger partial charge >= 0.3 is 12.4 Å². The number of hydrogen-bond acceptors (Lipinski definition) is 2. The van der Waals surface area contributed by atoms with Crippen molar-refractivity contribution in [2.75, 3.05) is 20.1 Å². The standard InChI is InChI=1S/C22H21F6NO/c1-29-12-16(10-14-6-2-4-8-18(14)21(23,24)25)20(30)17(13-29)11-15-7-3-5-9-19(15)22(26,27)28/h2-9,16-17H,10-13H2,1H3. The molecule has 1 aliphatic rings. The predicted octanol–water partition coefficient (Wildman–Crippen LogP) is 5.26. The number of alkyl halides is 6. The third kappa shape index (κ3) is 5.03. The molecule has 162 valence electrons. The van der Waals surface area contributed by atoms with Crippen LogP contribution in [0.15, 0.2) is 48.5 Å². The summed E-state index contributed by atoms with van der Waals surface area (Å²) < 4.78 is 79.8. The van der Waals surface area contributed by atoms with Crippen LogP contribution in [0.1, 0.15) is 22.3 Å². The minimum absolute atomic E-state index is 0.0214. The Morgan fingerprint density at radius 2 is 1.13 bits per heavy atom. The lowest BCUT2D eigenvalue weighted by atomic mass is 9.80. The maximum atomic E-state index is 13.3. The highest BCUT2D eigenvalue weighted by Gasteiger charge is 2.39. The molecule has 0 aromatic heterocycles. The zero-order chi connectivity index (χ0) is 22.1. The SMILES string of the molecule is CN1CC(Cc2ccccc2C(F)(F)F)C(=O)C(Cc2ccccc2C(F)(F)F)C1. The van der Waals surface area contributed by atoms with E-state index < -0.39 is 35.3 Å². The van der Waals surface area contributed by atoms with Crippen molar-refractivity contribution in [3.63, 3.8) is 0 Å². The fourth-order valence-electron chi connectivity index (χ4n) is 4.15. The van der Waals surface area contributed by atoms with E-state index in [9.17, 15) is 31.1 Å². The van der Waals surface area contributed by atoms with E-state index in [0.717, 1.165) is 12.1 Å². The highest BCUT2D eigenvalue weighted by atomic mass is 19.4. The van der Waals surface area contributed by atoms with Crippen LogP contribution in [0.5, 0.6) is 0 Å². The average Bonchev–Trinajstić information content (AvgIpc) is 2.64. The van der Waals surface area contributed by atoms with Crippen LogP contribution in [-0.4, -0.2) is 30.8 Å². The number of piperidine rings is 1. The fraction of sp³-hybridized carbons (Fsp3) is 0.409. The van der Waals surface area contributed by atoms with Crippen molar-refractivity contribution in [2.24, 2.45) is 11.8 Å². The Morgan fingerprint density at radius 1 is 0.767 bits per heavy atom. The third-order valence-electron chi connectivity index (χ3n) is 5.45. The van der Waals surface area contributed by atoms with Crippen molar-refractivity contribution >= 4 is 5.78 Å². The van der Waals surface area contributed by atoms with E-state index in [-0.39, 0.29) is 42.8 Å². The van der Waals surface area contributed by atoms with Crippen LogP contribution in [0.3, 0.4) is 0 Å². The van der Waals surface area contributed by atoms with Gasteiger partial charge in [0.2, 0.25) is 0 Å². The molecule has 1 saturated heterocycles. The van der Waals surface area contributed by atoms with Crippen molar-refractivity contribution in [1.29, 1.82) is 0 Å². The zero-order valence-electron chi connectivity index (χ0n) is 16.2. The monoisotopic (exact) mass is 429 g/mol. The van der Waals surface area contributed by atoms with Crippen molar-refractivity contribution in [3.8, 4) is 0 Å². The topological polar surface area (TPSA) is 20.3 Å². The summed E-state index contributed by atoms with van der Waals surface area (Å²) in [6.45, 7) is 0.533. The van der Waals surface area contributed by atoms with E-state index in [1.165, 1.54) is 36.4 Å². The molecule has 1 fully saturated rings. The average molecular weight is 429 g/mol. The maximum absolute atomic E-state index is 13.3. The van der Waals surface area contributed by atoms with Crippen molar-refractivity contribution < 1.29 is 31.1 Å². The largest absolute Gasteiger partial charge is 0.416 e. The number of ketones is 1. The quantitative estimate of drug-likeness (QED) is 0.619. The van der Waals surface area contributed by atoms with E-state index in [1.807, 2.05) is 0 Å². The number of halogens is 6. The van der Waals surface area contributed by atoms with Crippen LogP contribution in [-0.2, 0) is 30.0 Å². The van der Waals surface area contributed by atoms with E-state index in [0.29, 0.717) is 0 Å². The highest BCUT2D eigenvalue weighted by molar-refractivity contribution is 5.85. The molecule has 2 aromatic carbocycles. The van der Waals surface area contributed by atoms with Crippen LogP contribution < -0.4 is 0 Å². The molecular formula is C22H21F6NO. The molecule has 0 N–H and O–H groups in total. The lowest BCUT2D eigenvalue weighted by Crippen LogP contribution is -2.46. The number of Topliss-reactive ketones (excluding diaryl/α,β-unsaturated/α-hetero) is 1. The fourth-order valence-corrected chi connectivity index (χ4v) is 4.15. The normalized spacial score (nSPS) is 21.1. The summed E-state index contributed by atoms with van der Waals surface area (Å²) in [7, 11) is 1.72. The van der Waals surface area contributed by atoms with Crippen molar-refractivity contribution in [1.82, 2.24) is 4.90 Å². The summed E-state index contributed by atoms with van der Waals surface area (Å²) in [4.78, 5) is 14.8. The molecular weight excluding hydrogens is 408 g/mol. The number of carbonyl (C=O) groups is 1. The van der Waals surface area contributed by atoms with Crippen LogP contribution in [0.25, 0.3) is 0 Å². The minimum atomic E-state index is -4.54. The molecule has 1 heterocycles. The second-order valence-corrected chi connectivity index (χ2v) is 7.74. The van der Waals surface area contributed by atoms with Gasteiger partial charge in [-0.15, -0.1) is 0 Å². The van der Waals surface area contributed by atoms with Crippen molar-refractivity contribution in [3.05, 3.63) is 70.8 Å². The zero-order valence-corrected chi connectivity index (χ0v) is 16.2. The van der Waals surface area contributed by atoms with E-state index in [1.54, 1.807) is 11.9 Å². The molecule has 0 aliphatic carbocycles. The summed E-state index contributed by atoms with van der Waals surface area (Å²) in [5.74, 6) is -1.72. The number of hydrogen-bond donors (Lipinski definition) is 0. The minimum Gasteiger partial charge on any atom is -0.305 e. The smallest absolute Gasteiger partial charge is 0.305 e. The molecule has 1 aliphatic heterocycles. The molecule has 2 aromatic rings. The van der Waals surface area contributed by atoms with Gasteiger partial charge in [-0.2, -0.15) is 26.3 Å². The Balaban J connectivity index is 1.84. The van der Waals surface area contributed by atoms with Gasteiger partial charge in [-0.05, 0) is 43.1 Å². The Hall–Kier alpha value is -2.35. The Labute approximate surface area is 170 Å². The number of benzene rings is 2. The molecule has 2 unspecified atom stereocenters. The van der Waals surface area contributed by atoms with Crippen molar-refractivity contribution in [2.45, 2.75) is 25.2 Å². The van der Waals surface area contributed by atoms with E-state index in [2.05, 4.69) is 0 Å². The van der Waals surface area contributed by atoms with Gasteiger partial charge in [-0.1, -0.05) is 36.4 Å². The lowest BCUT2D eigenvalue weighted by molar-refractivity contribution is -0.139. The van der Waals surface area contributed by atoms with E-state index >= 15 is 0 Å². The molecule has 0 saturated carbocycles. The van der Waals surface area contributed by atoms with Gasteiger partial charge in [0.25, 0.3) is 0 Å². The first-order valence-corrected chi connectivity index (χ1v) is 9.49. The molecule has 0 spiro atoms. The number of nitrogens with zero attached hydrogens (tertiary/aromatic N) is 1. The molecule has 30 heavy (non-hydrogen) atoms. The molecule has 8 heteroatoms. The summed E-state index contributed by atoms with van der Waals surface area (Å²) in [5.41, 5.74) is -1.53. The van der Waals surface area contributed by atoms with Crippen LogP contribution in [0.4, 0.5) is 26.3 Å². The van der Waals surface area contributed by atoms with Gasteiger partial charge in [0.15, 0.2) is 0 Å². The Bertz CT molecular complexity index is 833. The van der Waals surface area contributed by atoms with Gasteiger partial charge in [0.1, 0.15) is 5.78 Å².